The highest BCUT2D eigenvalue weighted by Crippen LogP contribution is 2.18. The molecule has 0 bridgehead atoms. The molecule has 0 spiro atoms. The van der Waals surface area contributed by atoms with Crippen LogP contribution in [0.1, 0.15) is 22.8 Å². The van der Waals surface area contributed by atoms with Gasteiger partial charge in [0.05, 0.1) is 36.7 Å². The number of benzene rings is 2. The number of Topliss-reactive ketones (excluding diaryl/α,β-unsaturated/α-hetero) is 1. The van der Waals surface area contributed by atoms with Crippen molar-refractivity contribution >= 4 is 17.2 Å². The first-order valence-corrected chi connectivity index (χ1v) is 8.46. The molecule has 0 atom stereocenters. The van der Waals surface area contributed by atoms with E-state index in [1.54, 1.807) is 19.1 Å². The SMILES string of the molecule is CC(=O)c1ccc(N2CC[NH+](Cc3ccccc3[N+](=O)[O-])CC2)cc1. The molecule has 1 saturated heterocycles. The molecule has 6 heteroatoms. The van der Waals surface area contributed by atoms with Crippen molar-refractivity contribution in [2.75, 3.05) is 31.1 Å². The smallest absolute Gasteiger partial charge is 0.278 e. The number of anilines is 1. The molecule has 130 valence electrons. The van der Waals surface area contributed by atoms with Gasteiger partial charge in [-0.25, -0.2) is 0 Å². The van der Waals surface area contributed by atoms with Crippen LogP contribution in [0.25, 0.3) is 0 Å². The molecule has 0 saturated carbocycles. The van der Waals surface area contributed by atoms with Gasteiger partial charge < -0.3 is 9.80 Å². The fourth-order valence-electron chi connectivity index (χ4n) is 3.27. The van der Waals surface area contributed by atoms with Crippen LogP contribution in [-0.2, 0) is 6.54 Å². The van der Waals surface area contributed by atoms with Crippen molar-refractivity contribution in [3.63, 3.8) is 0 Å². The largest absolute Gasteiger partial charge is 0.360 e. The van der Waals surface area contributed by atoms with Crippen LogP contribution in [0.2, 0.25) is 0 Å². The maximum absolute atomic E-state index is 11.4. The van der Waals surface area contributed by atoms with E-state index < -0.39 is 0 Å². The molecule has 6 nitrogen and oxygen atoms in total. The Kier molecular flexibility index (Phi) is 5.09. The van der Waals surface area contributed by atoms with E-state index in [2.05, 4.69) is 4.90 Å². The number of nitro groups is 1. The molecule has 0 aliphatic carbocycles. The first-order valence-electron chi connectivity index (χ1n) is 8.46. The highest BCUT2D eigenvalue weighted by molar-refractivity contribution is 5.94. The summed E-state index contributed by atoms with van der Waals surface area (Å²) in [6, 6.07) is 14.7. The number of para-hydroxylation sites is 1. The number of hydrogen-bond acceptors (Lipinski definition) is 4. The van der Waals surface area contributed by atoms with E-state index >= 15 is 0 Å². The van der Waals surface area contributed by atoms with Gasteiger partial charge in [0.1, 0.15) is 6.54 Å². The summed E-state index contributed by atoms with van der Waals surface area (Å²) in [5.41, 5.74) is 2.85. The molecule has 2 aromatic rings. The summed E-state index contributed by atoms with van der Waals surface area (Å²) in [5.74, 6) is 0.0743. The predicted molar refractivity (Wildman–Crippen MR) is 96.2 cm³/mol. The van der Waals surface area contributed by atoms with Crippen molar-refractivity contribution in [2.24, 2.45) is 0 Å². The van der Waals surface area contributed by atoms with Crippen molar-refractivity contribution in [1.29, 1.82) is 0 Å². The number of piperazine rings is 1. The number of nitro benzene ring substituents is 1. The number of nitrogens with zero attached hydrogens (tertiary/aromatic N) is 2. The molecule has 1 fully saturated rings. The van der Waals surface area contributed by atoms with Gasteiger partial charge in [0.2, 0.25) is 0 Å². The minimum atomic E-state index is -0.304. The van der Waals surface area contributed by atoms with Crippen LogP contribution in [0.3, 0.4) is 0 Å². The van der Waals surface area contributed by atoms with Gasteiger partial charge in [-0.15, -0.1) is 0 Å². The summed E-state index contributed by atoms with van der Waals surface area (Å²) in [6.07, 6.45) is 0. The van der Waals surface area contributed by atoms with E-state index in [-0.39, 0.29) is 16.4 Å². The number of carbonyl (C=O) groups is 1. The molecule has 1 aliphatic rings. The second-order valence-electron chi connectivity index (χ2n) is 6.40. The van der Waals surface area contributed by atoms with Crippen molar-refractivity contribution in [2.45, 2.75) is 13.5 Å². The van der Waals surface area contributed by atoms with E-state index in [9.17, 15) is 14.9 Å². The van der Waals surface area contributed by atoms with Crippen LogP contribution in [-0.4, -0.2) is 36.9 Å². The molecule has 0 amide bonds. The number of carbonyl (C=O) groups excluding carboxylic acids is 1. The number of quaternary nitrogens is 1. The highest BCUT2D eigenvalue weighted by atomic mass is 16.6. The second kappa shape index (κ2) is 7.44. The lowest BCUT2D eigenvalue weighted by Crippen LogP contribution is -3.13. The van der Waals surface area contributed by atoms with Gasteiger partial charge in [-0.1, -0.05) is 12.1 Å². The van der Waals surface area contributed by atoms with Gasteiger partial charge in [0, 0.05) is 17.3 Å². The average Bonchev–Trinajstić information content (AvgIpc) is 2.63. The molecule has 3 rings (SSSR count). The quantitative estimate of drug-likeness (QED) is 0.511. The summed E-state index contributed by atoms with van der Waals surface area (Å²) >= 11 is 0. The number of nitrogens with one attached hydrogen (secondary N) is 1. The number of ketones is 1. The third-order valence-corrected chi connectivity index (χ3v) is 4.74. The standard InChI is InChI=1S/C19H21N3O3/c1-15(23)16-6-8-18(9-7-16)21-12-10-20(11-13-21)14-17-4-2-3-5-19(17)22(24)25/h2-9H,10-14H2,1H3/p+1. The Morgan fingerprint density at radius 3 is 2.36 bits per heavy atom. The summed E-state index contributed by atoms with van der Waals surface area (Å²) in [5, 5.41) is 11.1. The van der Waals surface area contributed by atoms with Crippen LogP contribution in [0.4, 0.5) is 11.4 Å². The van der Waals surface area contributed by atoms with Crippen molar-refractivity contribution in [1.82, 2.24) is 0 Å². The van der Waals surface area contributed by atoms with Crippen LogP contribution in [0.15, 0.2) is 48.5 Å². The molecule has 0 aromatic heterocycles. The van der Waals surface area contributed by atoms with Gasteiger partial charge >= 0.3 is 0 Å². The molecule has 0 radical (unpaired) electrons. The Balaban J connectivity index is 1.60. The minimum Gasteiger partial charge on any atom is -0.360 e. The Bertz CT molecular complexity index is 766. The molecule has 1 aliphatic heterocycles. The molecular formula is C19H22N3O3+. The Morgan fingerprint density at radius 1 is 1.12 bits per heavy atom. The lowest BCUT2D eigenvalue weighted by molar-refractivity contribution is -0.914. The summed E-state index contributed by atoms with van der Waals surface area (Å²) in [6.45, 7) is 5.90. The van der Waals surface area contributed by atoms with E-state index in [1.165, 1.54) is 4.90 Å². The fourth-order valence-corrected chi connectivity index (χ4v) is 3.27. The zero-order chi connectivity index (χ0) is 17.8. The van der Waals surface area contributed by atoms with Crippen LogP contribution in [0, 0.1) is 10.1 Å². The van der Waals surface area contributed by atoms with Crippen LogP contribution >= 0.6 is 0 Å². The zero-order valence-corrected chi connectivity index (χ0v) is 14.3. The predicted octanol–water partition coefficient (Wildman–Crippen LogP) is 1.70. The number of rotatable bonds is 5. The third-order valence-electron chi connectivity index (χ3n) is 4.74. The molecule has 1 heterocycles. The minimum absolute atomic E-state index is 0.0743. The maximum atomic E-state index is 11.4. The van der Waals surface area contributed by atoms with Crippen LogP contribution in [0.5, 0.6) is 0 Å². The molecule has 2 aromatic carbocycles. The Labute approximate surface area is 146 Å². The van der Waals surface area contributed by atoms with Gasteiger partial charge in [-0.2, -0.15) is 0 Å². The van der Waals surface area contributed by atoms with Crippen molar-refractivity contribution in [3.8, 4) is 0 Å². The lowest BCUT2D eigenvalue weighted by Gasteiger charge is -2.33. The van der Waals surface area contributed by atoms with E-state index in [0.29, 0.717) is 6.54 Å². The Hall–Kier alpha value is -2.73. The Morgan fingerprint density at radius 2 is 1.76 bits per heavy atom. The fraction of sp³-hybridized carbons (Fsp3) is 0.316. The number of hydrogen-bond donors (Lipinski definition) is 1. The molecule has 0 unspecified atom stereocenters. The maximum Gasteiger partial charge on any atom is 0.278 e. The summed E-state index contributed by atoms with van der Waals surface area (Å²) in [7, 11) is 0. The van der Waals surface area contributed by atoms with Gasteiger partial charge in [-0.05, 0) is 37.3 Å². The highest BCUT2D eigenvalue weighted by Gasteiger charge is 2.23. The van der Waals surface area contributed by atoms with E-state index in [0.717, 1.165) is 43.0 Å². The topological polar surface area (TPSA) is 67.9 Å². The van der Waals surface area contributed by atoms with Crippen molar-refractivity contribution in [3.05, 3.63) is 69.8 Å². The molecular weight excluding hydrogens is 318 g/mol. The van der Waals surface area contributed by atoms with Crippen LogP contribution < -0.4 is 9.80 Å². The van der Waals surface area contributed by atoms with E-state index in [1.807, 2.05) is 36.4 Å². The van der Waals surface area contributed by atoms with Crippen molar-refractivity contribution < 1.29 is 14.6 Å². The average molecular weight is 340 g/mol. The lowest BCUT2D eigenvalue weighted by atomic mass is 10.1. The van der Waals surface area contributed by atoms with Gasteiger partial charge in [-0.3, -0.25) is 14.9 Å². The first-order chi connectivity index (χ1) is 12.0. The monoisotopic (exact) mass is 340 g/mol. The van der Waals surface area contributed by atoms with E-state index in [4.69, 9.17) is 0 Å². The first kappa shape index (κ1) is 17.1. The zero-order valence-electron chi connectivity index (χ0n) is 14.3. The van der Waals surface area contributed by atoms with Gasteiger partial charge in [0.15, 0.2) is 5.78 Å². The second-order valence-corrected chi connectivity index (χ2v) is 6.40. The normalized spacial score (nSPS) is 15.2. The van der Waals surface area contributed by atoms with Gasteiger partial charge in [0.25, 0.3) is 5.69 Å². The molecule has 1 N–H and O–H groups in total. The molecule has 25 heavy (non-hydrogen) atoms. The summed E-state index contributed by atoms with van der Waals surface area (Å²) in [4.78, 5) is 25.8. The third kappa shape index (κ3) is 4.03. The summed E-state index contributed by atoms with van der Waals surface area (Å²) < 4.78 is 0.